The number of hydrogen-bond donors (Lipinski definition) is 1. The van der Waals surface area contributed by atoms with Gasteiger partial charge in [0, 0.05) is 12.5 Å². The third-order valence-corrected chi connectivity index (χ3v) is 2.89. The molecule has 78 valence electrons. The predicted molar refractivity (Wildman–Crippen MR) is 56.6 cm³/mol. The largest absolute Gasteiger partial charge is 0.332 e. The fourth-order valence-corrected chi connectivity index (χ4v) is 1.61. The molecular formula is C11H18N2O. The molecule has 1 N–H and O–H groups in total. The number of carbonyl (C=O) groups is 1. The second-order valence-electron chi connectivity index (χ2n) is 3.76. The Morgan fingerprint density at radius 3 is 2.71 bits per heavy atom. The van der Waals surface area contributed by atoms with Crippen LogP contribution in [0.25, 0.3) is 0 Å². The summed E-state index contributed by atoms with van der Waals surface area (Å²) >= 11 is 0. The Kier molecular flexibility index (Phi) is 3.97. The van der Waals surface area contributed by atoms with E-state index in [2.05, 4.69) is 11.2 Å². The summed E-state index contributed by atoms with van der Waals surface area (Å²) in [7, 11) is 0. The summed E-state index contributed by atoms with van der Waals surface area (Å²) in [6.07, 6.45) is 5.21. The molecule has 1 rings (SSSR count). The van der Waals surface area contributed by atoms with Crippen molar-refractivity contribution in [3.05, 3.63) is 0 Å². The lowest BCUT2D eigenvalue weighted by Crippen LogP contribution is -2.50. The van der Waals surface area contributed by atoms with Gasteiger partial charge in [-0.15, -0.1) is 6.42 Å². The van der Waals surface area contributed by atoms with Crippen LogP contribution in [0.2, 0.25) is 0 Å². The zero-order chi connectivity index (χ0) is 10.6. The first-order chi connectivity index (χ1) is 6.70. The molecule has 0 aromatic rings. The van der Waals surface area contributed by atoms with E-state index in [0.717, 1.165) is 13.1 Å². The van der Waals surface area contributed by atoms with Crippen LogP contribution < -0.4 is 5.32 Å². The highest BCUT2D eigenvalue weighted by Crippen LogP contribution is 2.18. The van der Waals surface area contributed by atoms with Crippen molar-refractivity contribution in [3.8, 4) is 12.3 Å². The molecule has 1 atom stereocenters. The first-order valence-electron chi connectivity index (χ1n) is 5.13. The van der Waals surface area contributed by atoms with Crippen molar-refractivity contribution >= 4 is 5.91 Å². The van der Waals surface area contributed by atoms with Gasteiger partial charge in [0.2, 0.25) is 5.91 Å². The highest BCUT2D eigenvalue weighted by atomic mass is 16.2. The van der Waals surface area contributed by atoms with Crippen LogP contribution in [0.1, 0.15) is 13.8 Å². The maximum absolute atomic E-state index is 11.9. The van der Waals surface area contributed by atoms with Gasteiger partial charge in [-0.3, -0.25) is 4.79 Å². The SMILES string of the molecule is C#CCN(CC)C(=O)C(C)C1CNC1. The quantitative estimate of drug-likeness (QED) is 0.654. The smallest absolute Gasteiger partial charge is 0.226 e. The fraction of sp³-hybridized carbons (Fsp3) is 0.727. The highest BCUT2D eigenvalue weighted by molar-refractivity contribution is 5.79. The fourth-order valence-electron chi connectivity index (χ4n) is 1.61. The Bertz CT molecular complexity index is 240. The molecular weight excluding hydrogens is 176 g/mol. The van der Waals surface area contributed by atoms with Crippen molar-refractivity contribution in [2.24, 2.45) is 11.8 Å². The van der Waals surface area contributed by atoms with Gasteiger partial charge in [0.1, 0.15) is 0 Å². The maximum atomic E-state index is 11.9. The third kappa shape index (κ3) is 2.27. The summed E-state index contributed by atoms with van der Waals surface area (Å²) < 4.78 is 0. The summed E-state index contributed by atoms with van der Waals surface area (Å²) in [6.45, 7) is 7.00. The number of carbonyl (C=O) groups excluding carboxylic acids is 1. The van der Waals surface area contributed by atoms with E-state index in [9.17, 15) is 4.79 Å². The van der Waals surface area contributed by atoms with E-state index < -0.39 is 0 Å². The van der Waals surface area contributed by atoms with E-state index in [4.69, 9.17) is 6.42 Å². The number of nitrogens with zero attached hydrogens (tertiary/aromatic N) is 1. The monoisotopic (exact) mass is 194 g/mol. The Balaban J connectivity index is 2.48. The molecule has 1 unspecified atom stereocenters. The van der Waals surface area contributed by atoms with Gasteiger partial charge in [0.15, 0.2) is 0 Å². The van der Waals surface area contributed by atoms with Crippen molar-refractivity contribution in [1.82, 2.24) is 10.2 Å². The molecule has 0 bridgehead atoms. The predicted octanol–water partition coefficient (Wildman–Crippen LogP) is 0.324. The molecule has 1 fully saturated rings. The van der Waals surface area contributed by atoms with Gasteiger partial charge in [-0.1, -0.05) is 12.8 Å². The van der Waals surface area contributed by atoms with Crippen molar-refractivity contribution in [1.29, 1.82) is 0 Å². The van der Waals surface area contributed by atoms with Crippen LogP contribution in [0.3, 0.4) is 0 Å². The number of hydrogen-bond acceptors (Lipinski definition) is 2. The van der Waals surface area contributed by atoms with Gasteiger partial charge in [0.25, 0.3) is 0 Å². The number of amides is 1. The molecule has 0 aromatic carbocycles. The molecule has 3 heteroatoms. The zero-order valence-corrected chi connectivity index (χ0v) is 8.92. The maximum Gasteiger partial charge on any atom is 0.226 e. The van der Waals surface area contributed by atoms with E-state index in [1.165, 1.54) is 0 Å². The Morgan fingerprint density at radius 1 is 1.71 bits per heavy atom. The van der Waals surface area contributed by atoms with Gasteiger partial charge in [0.05, 0.1) is 6.54 Å². The van der Waals surface area contributed by atoms with Crippen molar-refractivity contribution in [2.45, 2.75) is 13.8 Å². The first-order valence-corrected chi connectivity index (χ1v) is 5.13. The topological polar surface area (TPSA) is 32.3 Å². The number of nitrogens with one attached hydrogen (secondary N) is 1. The van der Waals surface area contributed by atoms with E-state index in [1.54, 1.807) is 4.90 Å². The molecule has 0 saturated carbocycles. The first kappa shape index (κ1) is 11.1. The van der Waals surface area contributed by atoms with Gasteiger partial charge >= 0.3 is 0 Å². The molecule has 1 saturated heterocycles. The minimum atomic E-state index is 0.101. The van der Waals surface area contributed by atoms with Gasteiger partial charge in [-0.25, -0.2) is 0 Å². The molecule has 0 spiro atoms. The van der Waals surface area contributed by atoms with Gasteiger partial charge < -0.3 is 10.2 Å². The number of terminal acetylenes is 1. The lowest BCUT2D eigenvalue weighted by molar-refractivity contribution is -0.136. The van der Waals surface area contributed by atoms with Crippen LogP contribution in [0.15, 0.2) is 0 Å². The number of rotatable bonds is 4. The Labute approximate surface area is 85.9 Å². The Morgan fingerprint density at radius 2 is 2.36 bits per heavy atom. The molecule has 1 aliphatic rings. The molecule has 0 aromatic heterocycles. The lowest BCUT2D eigenvalue weighted by atomic mass is 9.88. The zero-order valence-electron chi connectivity index (χ0n) is 8.92. The average Bonchev–Trinajstić information content (AvgIpc) is 2.10. The third-order valence-electron chi connectivity index (χ3n) is 2.89. The summed E-state index contributed by atoms with van der Waals surface area (Å²) in [5.41, 5.74) is 0. The Hall–Kier alpha value is -1.01. The van der Waals surface area contributed by atoms with E-state index in [0.29, 0.717) is 19.0 Å². The molecule has 1 aliphatic heterocycles. The van der Waals surface area contributed by atoms with Gasteiger partial charge in [-0.05, 0) is 25.9 Å². The average molecular weight is 194 g/mol. The van der Waals surface area contributed by atoms with Crippen LogP contribution in [-0.2, 0) is 4.79 Å². The van der Waals surface area contributed by atoms with Crippen molar-refractivity contribution in [2.75, 3.05) is 26.2 Å². The highest BCUT2D eigenvalue weighted by Gasteiger charge is 2.30. The second-order valence-corrected chi connectivity index (χ2v) is 3.76. The normalized spacial score (nSPS) is 18.1. The van der Waals surface area contributed by atoms with Crippen molar-refractivity contribution < 1.29 is 4.79 Å². The van der Waals surface area contributed by atoms with E-state index in [1.807, 2.05) is 13.8 Å². The minimum Gasteiger partial charge on any atom is -0.332 e. The van der Waals surface area contributed by atoms with E-state index in [-0.39, 0.29) is 11.8 Å². The molecule has 0 aliphatic carbocycles. The molecule has 3 nitrogen and oxygen atoms in total. The van der Waals surface area contributed by atoms with Crippen LogP contribution in [0.5, 0.6) is 0 Å². The summed E-state index contributed by atoms with van der Waals surface area (Å²) in [5.74, 6) is 3.31. The van der Waals surface area contributed by atoms with Crippen molar-refractivity contribution in [3.63, 3.8) is 0 Å². The van der Waals surface area contributed by atoms with Gasteiger partial charge in [-0.2, -0.15) is 0 Å². The second kappa shape index (κ2) is 5.02. The van der Waals surface area contributed by atoms with Crippen LogP contribution in [0.4, 0.5) is 0 Å². The molecule has 0 radical (unpaired) electrons. The summed E-state index contributed by atoms with van der Waals surface area (Å²) in [5, 5.41) is 3.17. The lowest BCUT2D eigenvalue weighted by Gasteiger charge is -2.34. The summed E-state index contributed by atoms with van der Waals surface area (Å²) in [4.78, 5) is 13.6. The van der Waals surface area contributed by atoms with Crippen LogP contribution >= 0.6 is 0 Å². The molecule has 1 heterocycles. The van der Waals surface area contributed by atoms with E-state index >= 15 is 0 Å². The summed E-state index contributed by atoms with van der Waals surface area (Å²) in [6, 6.07) is 0. The van der Waals surface area contributed by atoms with Crippen LogP contribution in [-0.4, -0.2) is 37.0 Å². The van der Waals surface area contributed by atoms with Crippen LogP contribution in [0, 0.1) is 24.2 Å². The standard InChI is InChI=1S/C11H18N2O/c1-4-6-13(5-2)11(14)9(3)10-7-12-8-10/h1,9-10,12H,5-8H2,2-3H3. The molecule has 14 heavy (non-hydrogen) atoms. The minimum absolute atomic E-state index is 0.101. The molecule has 1 amide bonds.